The van der Waals surface area contributed by atoms with Crippen LogP contribution < -0.4 is 24.4 Å². The number of sulfonamides is 1. The Kier molecular flexibility index (Phi) is 12.4. The van der Waals surface area contributed by atoms with Crippen LogP contribution in [0.1, 0.15) is 15.9 Å². The van der Waals surface area contributed by atoms with Gasteiger partial charge in [-0.25, -0.2) is 13.1 Å². The highest BCUT2D eigenvalue weighted by atomic mass is 32.2. The normalized spacial score (nSPS) is 13.2. The number of nitro benzene ring substituents is 1. The maximum absolute atomic E-state index is 13.2. The number of phenolic OH excluding ortho intramolecular Hbond substituents is 1. The SMILES string of the molecule is COc1cc(-c2cccc(O)c2)cc(OC)c1CN1CCN(c2ccc(C(=O)NS(=O)(=O)c3ccc(NCCSc4ccccc4)c([N+](=O)[O-])c3)cc2)CC1. The highest BCUT2D eigenvalue weighted by Gasteiger charge is 2.25. The van der Waals surface area contributed by atoms with E-state index in [1.54, 1.807) is 68.4 Å². The van der Waals surface area contributed by atoms with Gasteiger partial charge in [0.2, 0.25) is 0 Å². The Labute approximate surface area is 324 Å². The summed E-state index contributed by atoms with van der Waals surface area (Å²) in [4.78, 5) is 29.4. The number of carbonyl (C=O) groups excluding carboxylic acids is 1. The summed E-state index contributed by atoms with van der Waals surface area (Å²) in [5, 5.41) is 24.8. The highest BCUT2D eigenvalue weighted by Crippen LogP contribution is 2.37. The summed E-state index contributed by atoms with van der Waals surface area (Å²) in [6, 6.07) is 30.8. The van der Waals surface area contributed by atoms with Crippen molar-refractivity contribution in [2.45, 2.75) is 16.3 Å². The van der Waals surface area contributed by atoms with Crippen molar-refractivity contribution in [1.82, 2.24) is 9.62 Å². The van der Waals surface area contributed by atoms with Crippen molar-refractivity contribution in [2.24, 2.45) is 0 Å². The molecule has 15 heteroatoms. The predicted molar refractivity (Wildman–Crippen MR) is 214 cm³/mol. The highest BCUT2D eigenvalue weighted by molar-refractivity contribution is 7.99. The fourth-order valence-electron chi connectivity index (χ4n) is 6.29. The minimum Gasteiger partial charge on any atom is -0.508 e. The lowest BCUT2D eigenvalue weighted by Crippen LogP contribution is -2.46. The summed E-state index contributed by atoms with van der Waals surface area (Å²) in [6.07, 6.45) is 0. The molecular formula is C40H41N5O8S2. The number of ether oxygens (including phenoxy) is 2. The molecule has 0 aromatic heterocycles. The van der Waals surface area contributed by atoms with E-state index in [-0.39, 0.29) is 17.0 Å². The molecule has 0 bridgehead atoms. The molecule has 55 heavy (non-hydrogen) atoms. The molecule has 0 atom stereocenters. The number of thioether (sulfide) groups is 1. The molecule has 3 N–H and O–H groups in total. The molecular weight excluding hydrogens is 743 g/mol. The average molecular weight is 784 g/mol. The smallest absolute Gasteiger partial charge is 0.293 e. The number of carbonyl (C=O) groups is 1. The summed E-state index contributed by atoms with van der Waals surface area (Å²) in [5.41, 5.74) is 3.41. The van der Waals surface area contributed by atoms with Gasteiger partial charge in [-0.1, -0.05) is 30.3 Å². The molecule has 1 saturated heterocycles. The second kappa shape index (κ2) is 17.6. The Morgan fingerprint density at radius 3 is 2.18 bits per heavy atom. The van der Waals surface area contributed by atoms with E-state index in [9.17, 15) is 28.4 Å². The third kappa shape index (κ3) is 9.67. The van der Waals surface area contributed by atoms with Gasteiger partial charge < -0.3 is 24.8 Å². The number of benzene rings is 5. The number of nitrogens with one attached hydrogen (secondary N) is 2. The van der Waals surface area contributed by atoms with Gasteiger partial charge in [-0.05, 0) is 83.9 Å². The number of methoxy groups -OCH3 is 2. The quantitative estimate of drug-likeness (QED) is 0.0450. The van der Waals surface area contributed by atoms with Crippen LogP contribution >= 0.6 is 11.8 Å². The van der Waals surface area contributed by atoms with E-state index in [2.05, 4.69) is 15.1 Å². The van der Waals surface area contributed by atoms with Crippen molar-refractivity contribution in [3.63, 3.8) is 0 Å². The van der Waals surface area contributed by atoms with Gasteiger partial charge in [0.15, 0.2) is 0 Å². The van der Waals surface area contributed by atoms with Crippen LogP contribution in [0.15, 0.2) is 119 Å². The van der Waals surface area contributed by atoms with E-state index < -0.39 is 31.4 Å². The van der Waals surface area contributed by atoms with Crippen molar-refractivity contribution >= 4 is 44.8 Å². The standard InChI is InChI=1S/C40H41N5O8S2/c1-52-38-24-30(29-7-6-8-32(46)23-29)25-39(53-2)35(38)27-43-18-20-44(21-19-43)31-13-11-28(12-14-31)40(47)42-55(50,51)34-15-16-36(37(26-34)45(48)49)41-17-22-54-33-9-4-3-5-10-33/h3-16,23-26,41,46H,17-22,27H2,1-2H3,(H,42,47). The van der Waals surface area contributed by atoms with Gasteiger partial charge in [-0.15, -0.1) is 11.8 Å². The Hall–Kier alpha value is -5.77. The Morgan fingerprint density at radius 1 is 0.855 bits per heavy atom. The first-order valence-corrected chi connectivity index (χ1v) is 19.9. The number of nitrogens with zero attached hydrogens (tertiary/aromatic N) is 3. The van der Waals surface area contributed by atoms with Crippen LogP contribution in [0, 0.1) is 10.1 Å². The fourth-order valence-corrected chi connectivity index (χ4v) is 8.08. The molecule has 0 unspecified atom stereocenters. The van der Waals surface area contributed by atoms with Crippen LogP contribution in [0.25, 0.3) is 11.1 Å². The van der Waals surface area contributed by atoms with Crippen molar-refractivity contribution in [2.75, 3.05) is 62.9 Å². The van der Waals surface area contributed by atoms with Crippen LogP contribution in [-0.2, 0) is 16.6 Å². The van der Waals surface area contributed by atoms with Crippen LogP contribution in [-0.4, -0.2) is 82.0 Å². The van der Waals surface area contributed by atoms with Crippen molar-refractivity contribution in [1.29, 1.82) is 0 Å². The Balaban J connectivity index is 1.04. The predicted octanol–water partition coefficient (Wildman–Crippen LogP) is 6.63. The molecule has 6 rings (SSSR count). The van der Waals surface area contributed by atoms with Gasteiger partial charge in [0.25, 0.3) is 21.6 Å². The molecule has 0 radical (unpaired) electrons. The number of amides is 1. The van der Waals surface area contributed by atoms with Gasteiger partial charge in [-0.2, -0.15) is 0 Å². The maximum Gasteiger partial charge on any atom is 0.293 e. The van der Waals surface area contributed by atoms with Crippen LogP contribution in [0.2, 0.25) is 0 Å². The topological polar surface area (TPSA) is 164 Å². The third-order valence-electron chi connectivity index (χ3n) is 9.17. The number of rotatable bonds is 15. The van der Waals surface area contributed by atoms with E-state index in [1.165, 1.54) is 12.1 Å². The zero-order valence-corrected chi connectivity index (χ0v) is 31.9. The Bertz CT molecular complexity index is 2220. The summed E-state index contributed by atoms with van der Waals surface area (Å²) in [6.45, 7) is 3.92. The minimum absolute atomic E-state index is 0.128. The minimum atomic E-state index is -4.41. The van der Waals surface area contributed by atoms with Gasteiger partial charge >= 0.3 is 0 Å². The number of anilines is 2. The first-order chi connectivity index (χ1) is 26.5. The Morgan fingerprint density at radius 2 is 1.55 bits per heavy atom. The van der Waals surface area contributed by atoms with E-state index in [0.717, 1.165) is 46.4 Å². The average Bonchev–Trinajstić information content (AvgIpc) is 3.20. The molecule has 13 nitrogen and oxygen atoms in total. The number of hydrogen-bond donors (Lipinski definition) is 3. The van der Waals surface area contributed by atoms with E-state index in [1.807, 2.05) is 53.3 Å². The number of piperazine rings is 1. The molecule has 0 aliphatic carbocycles. The maximum atomic E-state index is 13.2. The lowest BCUT2D eigenvalue weighted by Gasteiger charge is -2.36. The lowest BCUT2D eigenvalue weighted by molar-refractivity contribution is -0.384. The lowest BCUT2D eigenvalue weighted by atomic mass is 10.0. The zero-order chi connectivity index (χ0) is 39.0. The van der Waals surface area contributed by atoms with Crippen LogP contribution in [0.3, 0.4) is 0 Å². The molecule has 1 aliphatic heterocycles. The van der Waals surface area contributed by atoms with Crippen molar-refractivity contribution < 1.29 is 32.7 Å². The second-order valence-electron chi connectivity index (χ2n) is 12.7. The number of phenols is 1. The van der Waals surface area contributed by atoms with E-state index >= 15 is 0 Å². The van der Waals surface area contributed by atoms with Crippen molar-refractivity contribution in [3.8, 4) is 28.4 Å². The van der Waals surface area contributed by atoms with Gasteiger partial charge in [0.1, 0.15) is 22.9 Å². The molecule has 0 saturated carbocycles. The first kappa shape index (κ1) is 38.9. The number of nitro groups is 1. The van der Waals surface area contributed by atoms with Gasteiger partial charge in [0.05, 0.1) is 29.6 Å². The fraction of sp³-hybridized carbons (Fsp3) is 0.225. The molecule has 1 aliphatic rings. The number of aromatic hydroxyl groups is 1. The zero-order valence-electron chi connectivity index (χ0n) is 30.3. The summed E-state index contributed by atoms with van der Waals surface area (Å²) in [5.74, 6) is 1.34. The molecule has 1 heterocycles. The van der Waals surface area contributed by atoms with Gasteiger partial charge in [-0.3, -0.25) is 19.8 Å². The molecule has 0 spiro atoms. The number of hydrogen-bond acceptors (Lipinski definition) is 12. The summed E-state index contributed by atoms with van der Waals surface area (Å²) >= 11 is 1.58. The van der Waals surface area contributed by atoms with Crippen molar-refractivity contribution in [3.05, 3.63) is 130 Å². The molecule has 1 amide bonds. The largest absolute Gasteiger partial charge is 0.508 e. The van der Waals surface area contributed by atoms with Crippen LogP contribution in [0.5, 0.6) is 17.2 Å². The summed E-state index contributed by atoms with van der Waals surface area (Å²) < 4.78 is 39.9. The molecule has 286 valence electrons. The van der Waals surface area contributed by atoms with E-state index in [0.29, 0.717) is 43.4 Å². The summed E-state index contributed by atoms with van der Waals surface area (Å²) in [7, 11) is -1.17. The first-order valence-electron chi connectivity index (χ1n) is 17.4. The van der Waals surface area contributed by atoms with Gasteiger partial charge in [0, 0.05) is 67.2 Å². The van der Waals surface area contributed by atoms with E-state index in [4.69, 9.17) is 9.47 Å². The molecule has 5 aromatic carbocycles. The second-order valence-corrected chi connectivity index (χ2v) is 15.5. The van der Waals surface area contributed by atoms with Crippen LogP contribution in [0.4, 0.5) is 17.1 Å². The third-order valence-corrected chi connectivity index (χ3v) is 11.5. The molecule has 1 fully saturated rings. The molecule has 5 aromatic rings. The monoisotopic (exact) mass is 783 g/mol.